The molecule has 0 saturated heterocycles. The topological polar surface area (TPSA) is 35.5 Å². The first-order valence-electron chi connectivity index (χ1n) is 7.21. The van der Waals surface area contributed by atoms with E-state index >= 15 is 0 Å². The molecule has 3 heteroatoms. The van der Waals surface area contributed by atoms with Gasteiger partial charge in [-0.2, -0.15) is 0 Å². The molecule has 1 rings (SSSR count). The van der Waals surface area contributed by atoms with Gasteiger partial charge in [-0.25, -0.2) is 0 Å². The van der Waals surface area contributed by atoms with E-state index in [-0.39, 0.29) is 18.0 Å². The second-order valence-corrected chi connectivity index (χ2v) is 5.22. The third-order valence-corrected chi connectivity index (χ3v) is 3.05. The molecule has 0 bridgehead atoms. The van der Waals surface area contributed by atoms with E-state index in [9.17, 15) is 4.79 Å². The highest BCUT2D eigenvalue weighted by Crippen LogP contribution is 2.19. The molecule has 0 N–H and O–H groups in total. The van der Waals surface area contributed by atoms with Gasteiger partial charge in [0, 0.05) is 5.57 Å². The number of esters is 1. The van der Waals surface area contributed by atoms with Crippen molar-refractivity contribution in [2.24, 2.45) is 5.92 Å². The molecule has 1 aromatic carbocycles. The molecule has 0 heterocycles. The molecular weight excluding hydrogens is 264 g/mol. The Morgan fingerprint density at radius 2 is 1.76 bits per heavy atom. The standard InChI is InChI=1S/C18H24O3/c1-6-17(21-18(19)13(2)3)14(4)12-20-15(5)16-10-8-7-9-11-16/h6-13,15H,1-5H3/b14-12+,17-6+/t15-/m1/s1. The van der Waals surface area contributed by atoms with E-state index in [1.165, 1.54) is 0 Å². The van der Waals surface area contributed by atoms with Crippen molar-refractivity contribution in [1.82, 2.24) is 0 Å². The van der Waals surface area contributed by atoms with Gasteiger partial charge in [0.25, 0.3) is 0 Å². The third-order valence-electron chi connectivity index (χ3n) is 3.05. The Kier molecular flexibility index (Phi) is 6.73. The second-order valence-electron chi connectivity index (χ2n) is 5.22. The van der Waals surface area contributed by atoms with E-state index < -0.39 is 0 Å². The van der Waals surface area contributed by atoms with E-state index in [2.05, 4.69) is 0 Å². The molecule has 0 spiro atoms. The van der Waals surface area contributed by atoms with Crippen LogP contribution in [0.2, 0.25) is 0 Å². The summed E-state index contributed by atoms with van der Waals surface area (Å²) in [5.74, 6) is 0.137. The van der Waals surface area contributed by atoms with Crippen LogP contribution in [0.4, 0.5) is 0 Å². The van der Waals surface area contributed by atoms with Crippen LogP contribution in [-0.4, -0.2) is 5.97 Å². The summed E-state index contributed by atoms with van der Waals surface area (Å²) in [5.41, 5.74) is 1.89. The van der Waals surface area contributed by atoms with Crippen LogP contribution in [0.1, 0.15) is 46.3 Å². The number of allylic oxidation sites excluding steroid dienone is 2. The number of carbonyl (C=O) groups excluding carboxylic acids is 1. The van der Waals surface area contributed by atoms with Gasteiger partial charge in [0.2, 0.25) is 0 Å². The predicted molar refractivity (Wildman–Crippen MR) is 84.4 cm³/mol. The molecule has 0 amide bonds. The molecule has 0 saturated carbocycles. The number of ether oxygens (including phenoxy) is 2. The molecule has 1 atom stereocenters. The largest absolute Gasteiger partial charge is 0.493 e. The zero-order valence-corrected chi connectivity index (χ0v) is 13.4. The highest BCUT2D eigenvalue weighted by Gasteiger charge is 2.13. The summed E-state index contributed by atoms with van der Waals surface area (Å²) in [6.45, 7) is 9.29. The van der Waals surface area contributed by atoms with Gasteiger partial charge < -0.3 is 9.47 Å². The van der Waals surface area contributed by atoms with Crippen molar-refractivity contribution in [2.45, 2.75) is 40.7 Å². The molecule has 0 aliphatic heterocycles. The molecular formula is C18H24O3. The first-order valence-corrected chi connectivity index (χ1v) is 7.21. The zero-order chi connectivity index (χ0) is 15.8. The number of rotatable bonds is 6. The maximum atomic E-state index is 11.6. The minimum atomic E-state index is -0.244. The maximum absolute atomic E-state index is 11.6. The third kappa shape index (κ3) is 5.46. The Labute approximate surface area is 127 Å². The van der Waals surface area contributed by atoms with Crippen molar-refractivity contribution in [2.75, 3.05) is 0 Å². The lowest BCUT2D eigenvalue weighted by Crippen LogP contribution is -2.12. The van der Waals surface area contributed by atoms with Crippen molar-refractivity contribution < 1.29 is 14.3 Å². The van der Waals surface area contributed by atoms with Crippen LogP contribution < -0.4 is 0 Å². The summed E-state index contributed by atoms with van der Waals surface area (Å²) in [6.07, 6.45) is 3.35. The van der Waals surface area contributed by atoms with Crippen LogP contribution in [-0.2, 0) is 14.3 Å². The normalized spacial score (nSPS) is 14.0. The Morgan fingerprint density at radius 3 is 2.29 bits per heavy atom. The fourth-order valence-corrected chi connectivity index (χ4v) is 1.66. The smallest absolute Gasteiger partial charge is 0.313 e. The summed E-state index contributed by atoms with van der Waals surface area (Å²) in [6, 6.07) is 9.97. The minimum Gasteiger partial charge on any atom is -0.493 e. The van der Waals surface area contributed by atoms with E-state index in [0.29, 0.717) is 5.76 Å². The Morgan fingerprint density at radius 1 is 1.14 bits per heavy atom. The van der Waals surface area contributed by atoms with Gasteiger partial charge in [-0.1, -0.05) is 44.2 Å². The average molecular weight is 288 g/mol. The summed E-state index contributed by atoms with van der Waals surface area (Å²) >= 11 is 0. The molecule has 0 unspecified atom stereocenters. The summed E-state index contributed by atoms with van der Waals surface area (Å²) in [4.78, 5) is 11.6. The van der Waals surface area contributed by atoms with Gasteiger partial charge in [0.1, 0.15) is 11.9 Å². The van der Waals surface area contributed by atoms with E-state index in [1.807, 2.05) is 65.0 Å². The summed E-state index contributed by atoms with van der Waals surface area (Å²) in [5, 5.41) is 0. The molecule has 0 aromatic heterocycles. The molecule has 1 aromatic rings. The monoisotopic (exact) mass is 288 g/mol. The van der Waals surface area contributed by atoms with E-state index in [0.717, 1.165) is 11.1 Å². The van der Waals surface area contributed by atoms with Gasteiger partial charge in [-0.3, -0.25) is 4.79 Å². The predicted octanol–water partition coefficient (Wildman–Crippen LogP) is 4.77. The molecule has 3 nitrogen and oxygen atoms in total. The first-order chi connectivity index (χ1) is 9.95. The first kappa shape index (κ1) is 17.0. The van der Waals surface area contributed by atoms with Gasteiger partial charge in [-0.15, -0.1) is 0 Å². The van der Waals surface area contributed by atoms with Crippen LogP contribution in [0.5, 0.6) is 0 Å². The maximum Gasteiger partial charge on any atom is 0.313 e. The highest BCUT2D eigenvalue weighted by atomic mass is 16.5. The van der Waals surface area contributed by atoms with Crippen molar-refractivity contribution in [3.8, 4) is 0 Å². The van der Waals surface area contributed by atoms with E-state index in [4.69, 9.17) is 9.47 Å². The Bertz CT molecular complexity index is 513. The average Bonchev–Trinajstić information content (AvgIpc) is 2.50. The number of benzene rings is 1. The van der Waals surface area contributed by atoms with Gasteiger partial charge in [0.15, 0.2) is 0 Å². The lowest BCUT2D eigenvalue weighted by atomic mass is 10.1. The number of carbonyl (C=O) groups is 1. The molecule has 0 fully saturated rings. The molecule has 21 heavy (non-hydrogen) atoms. The molecule has 0 radical (unpaired) electrons. The summed E-state index contributed by atoms with van der Waals surface area (Å²) in [7, 11) is 0. The van der Waals surface area contributed by atoms with Crippen molar-refractivity contribution in [1.29, 1.82) is 0 Å². The lowest BCUT2D eigenvalue weighted by Gasteiger charge is -2.14. The number of hydrogen-bond donors (Lipinski definition) is 0. The van der Waals surface area contributed by atoms with Crippen LogP contribution >= 0.6 is 0 Å². The van der Waals surface area contributed by atoms with Crippen LogP contribution in [0.25, 0.3) is 0 Å². The Hall–Kier alpha value is -2.03. The molecule has 114 valence electrons. The SMILES string of the molecule is C/C=C(OC(=O)C(C)C)\C(C)=C\O[C@H](C)c1ccccc1. The van der Waals surface area contributed by atoms with Gasteiger partial charge in [0.05, 0.1) is 12.2 Å². The quantitative estimate of drug-likeness (QED) is 0.429. The van der Waals surface area contributed by atoms with Crippen LogP contribution in [0.15, 0.2) is 54.0 Å². The highest BCUT2D eigenvalue weighted by molar-refractivity contribution is 5.73. The van der Waals surface area contributed by atoms with Crippen molar-refractivity contribution >= 4 is 5.97 Å². The van der Waals surface area contributed by atoms with E-state index in [1.54, 1.807) is 12.3 Å². The number of hydrogen-bond acceptors (Lipinski definition) is 3. The Balaban J connectivity index is 2.68. The second kappa shape index (κ2) is 8.30. The lowest BCUT2D eigenvalue weighted by molar-refractivity contribution is -0.142. The van der Waals surface area contributed by atoms with Crippen molar-refractivity contribution in [3.05, 3.63) is 59.6 Å². The van der Waals surface area contributed by atoms with Crippen molar-refractivity contribution in [3.63, 3.8) is 0 Å². The van der Waals surface area contributed by atoms with Crippen LogP contribution in [0.3, 0.4) is 0 Å². The summed E-state index contributed by atoms with van der Waals surface area (Å²) < 4.78 is 11.1. The minimum absolute atomic E-state index is 0.0555. The molecule has 0 aliphatic carbocycles. The molecule has 0 aliphatic rings. The fourth-order valence-electron chi connectivity index (χ4n) is 1.66. The van der Waals surface area contributed by atoms with Crippen LogP contribution in [0, 0.1) is 5.92 Å². The van der Waals surface area contributed by atoms with Gasteiger partial charge in [-0.05, 0) is 32.4 Å². The van der Waals surface area contributed by atoms with Gasteiger partial charge >= 0.3 is 5.97 Å². The zero-order valence-electron chi connectivity index (χ0n) is 13.4. The fraction of sp³-hybridized carbons (Fsp3) is 0.389.